The number of carbonyl (C=O) groups is 2. The molecule has 68 valence electrons. The van der Waals surface area contributed by atoms with Crippen molar-refractivity contribution in [3.63, 3.8) is 0 Å². The summed E-state index contributed by atoms with van der Waals surface area (Å²) in [6.07, 6.45) is 0.217. The van der Waals surface area contributed by atoms with Gasteiger partial charge < -0.3 is 10.2 Å². The van der Waals surface area contributed by atoms with Gasteiger partial charge in [0.25, 0.3) is 0 Å². The van der Waals surface area contributed by atoms with Crippen molar-refractivity contribution >= 4 is 23.7 Å². The fourth-order valence-corrected chi connectivity index (χ4v) is 2.72. The molecule has 5 heteroatoms. The molecule has 0 spiro atoms. The topological polar surface area (TPSA) is 74.6 Å². The van der Waals surface area contributed by atoms with Crippen LogP contribution in [0.4, 0.5) is 0 Å². The molecule has 2 N–H and O–H groups in total. The molecular formula is C7H10O4S. The zero-order valence-corrected chi connectivity index (χ0v) is 7.26. The van der Waals surface area contributed by atoms with Gasteiger partial charge in [-0.25, -0.2) is 0 Å². The van der Waals surface area contributed by atoms with Crippen molar-refractivity contribution in [2.75, 3.05) is 11.5 Å². The predicted molar refractivity (Wildman–Crippen MR) is 44.3 cm³/mol. The van der Waals surface area contributed by atoms with E-state index >= 15 is 0 Å². The summed E-state index contributed by atoms with van der Waals surface area (Å²) in [5, 5.41) is 17.4. The maximum absolute atomic E-state index is 10.8. The molecule has 1 rings (SSSR count). The molecule has 0 aromatic carbocycles. The first kappa shape index (κ1) is 9.38. The van der Waals surface area contributed by atoms with Crippen LogP contribution in [0.5, 0.6) is 0 Å². The quantitative estimate of drug-likeness (QED) is 0.684. The molecule has 0 amide bonds. The van der Waals surface area contributed by atoms with Crippen molar-refractivity contribution in [2.24, 2.45) is 5.41 Å². The number of aliphatic carboxylic acids is 2. The van der Waals surface area contributed by atoms with E-state index in [1.807, 2.05) is 0 Å². The SMILES string of the molecule is O=C(O)CC1(C(=O)O)CCSC1. The normalized spacial score (nSPS) is 28.7. The van der Waals surface area contributed by atoms with Gasteiger partial charge in [0.05, 0.1) is 11.8 Å². The van der Waals surface area contributed by atoms with Crippen LogP contribution in [0.2, 0.25) is 0 Å². The summed E-state index contributed by atoms with van der Waals surface area (Å²) in [5.41, 5.74) is -1.00. The van der Waals surface area contributed by atoms with E-state index in [1.165, 1.54) is 11.8 Å². The van der Waals surface area contributed by atoms with Crippen molar-refractivity contribution < 1.29 is 19.8 Å². The first-order chi connectivity index (χ1) is 5.57. The molecule has 1 aliphatic heterocycles. The Kier molecular flexibility index (Phi) is 2.62. The molecule has 0 aromatic rings. The summed E-state index contributed by atoms with van der Waals surface area (Å²) in [5.74, 6) is -0.830. The Labute approximate surface area is 74.0 Å². The fourth-order valence-electron chi connectivity index (χ4n) is 1.28. The lowest BCUT2D eigenvalue weighted by Crippen LogP contribution is -2.33. The molecule has 1 heterocycles. The molecule has 1 atom stereocenters. The number of hydrogen-bond donors (Lipinski definition) is 2. The third kappa shape index (κ3) is 1.72. The van der Waals surface area contributed by atoms with E-state index < -0.39 is 17.4 Å². The van der Waals surface area contributed by atoms with E-state index in [-0.39, 0.29) is 6.42 Å². The zero-order valence-electron chi connectivity index (χ0n) is 6.45. The predicted octanol–water partition coefficient (Wildman–Crippen LogP) is 0.669. The van der Waals surface area contributed by atoms with Crippen LogP contribution >= 0.6 is 11.8 Å². The lowest BCUT2D eigenvalue weighted by molar-refractivity contribution is -0.154. The standard InChI is InChI=1S/C7H10O4S/c8-5(9)3-7(6(10)11)1-2-12-4-7/h1-4H2,(H,8,9)(H,10,11). The van der Waals surface area contributed by atoms with Crippen molar-refractivity contribution in [2.45, 2.75) is 12.8 Å². The van der Waals surface area contributed by atoms with Crippen molar-refractivity contribution in [1.29, 1.82) is 0 Å². The second-order valence-corrected chi connectivity index (χ2v) is 4.06. The maximum Gasteiger partial charge on any atom is 0.311 e. The Morgan fingerprint density at radius 2 is 2.08 bits per heavy atom. The zero-order chi connectivity index (χ0) is 9.19. The van der Waals surface area contributed by atoms with Crippen molar-refractivity contribution in [1.82, 2.24) is 0 Å². The molecule has 1 saturated heterocycles. The summed E-state index contributed by atoms with van der Waals surface area (Å²) < 4.78 is 0. The third-order valence-corrected chi connectivity index (χ3v) is 3.30. The van der Waals surface area contributed by atoms with Gasteiger partial charge in [-0.15, -0.1) is 0 Å². The Morgan fingerprint density at radius 1 is 1.42 bits per heavy atom. The van der Waals surface area contributed by atoms with Gasteiger partial charge >= 0.3 is 11.9 Å². The van der Waals surface area contributed by atoms with Gasteiger partial charge in [-0.05, 0) is 12.2 Å². The van der Waals surface area contributed by atoms with E-state index in [1.54, 1.807) is 0 Å². The number of carboxylic acid groups (broad SMARTS) is 2. The van der Waals surface area contributed by atoms with Crippen LogP contribution in [0, 0.1) is 5.41 Å². The van der Waals surface area contributed by atoms with Crippen LogP contribution in [0.1, 0.15) is 12.8 Å². The molecule has 0 saturated carbocycles. The monoisotopic (exact) mass is 190 g/mol. The van der Waals surface area contributed by atoms with Gasteiger partial charge in [0.1, 0.15) is 0 Å². The highest BCUT2D eigenvalue weighted by atomic mass is 32.2. The average molecular weight is 190 g/mol. The first-order valence-corrected chi connectivity index (χ1v) is 4.75. The second-order valence-electron chi connectivity index (χ2n) is 2.96. The summed E-state index contributed by atoms with van der Waals surface area (Å²) >= 11 is 1.51. The van der Waals surface area contributed by atoms with Crippen molar-refractivity contribution in [3.05, 3.63) is 0 Å². The lowest BCUT2D eigenvalue weighted by atomic mass is 9.84. The smallest absolute Gasteiger partial charge is 0.311 e. The average Bonchev–Trinajstić information content (AvgIpc) is 2.35. The first-order valence-electron chi connectivity index (χ1n) is 3.60. The van der Waals surface area contributed by atoms with E-state index in [4.69, 9.17) is 10.2 Å². The lowest BCUT2D eigenvalue weighted by Gasteiger charge is -2.19. The Bertz CT molecular complexity index is 207. The van der Waals surface area contributed by atoms with Gasteiger partial charge in [-0.2, -0.15) is 11.8 Å². The van der Waals surface area contributed by atoms with E-state index in [2.05, 4.69) is 0 Å². The summed E-state index contributed by atoms with van der Waals surface area (Å²) in [6, 6.07) is 0. The third-order valence-electron chi connectivity index (χ3n) is 2.05. The Hall–Kier alpha value is -0.710. The Balaban J connectivity index is 2.72. The van der Waals surface area contributed by atoms with Crippen LogP contribution in [0.25, 0.3) is 0 Å². The molecule has 1 unspecified atom stereocenters. The largest absolute Gasteiger partial charge is 0.481 e. The molecule has 1 aliphatic rings. The van der Waals surface area contributed by atoms with Gasteiger partial charge in [0, 0.05) is 5.75 Å². The van der Waals surface area contributed by atoms with Crippen LogP contribution in [-0.4, -0.2) is 33.7 Å². The maximum atomic E-state index is 10.8. The minimum absolute atomic E-state index is 0.255. The van der Waals surface area contributed by atoms with E-state index in [0.29, 0.717) is 12.2 Å². The van der Waals surface area contributed by atoms with Crippen LogP contribution in [0.15, 0.2) is 0 Å². The number of carboxylic acids is 2. The van der Waals surface area contributed by atoms with Gasteiger partial charge in [0.2, 0.25) is 0 Å². The molecular weight excluding hydrogens is 180 g/mol. The highest BCUT2D eigenvalue weighted by molar-refractivity contribution is 7.99. The van der Waals surface area contributed by atoms with E-state index in [0.717, 1.165) is 5.75 Å². The van der Waals surface area contributed by atoms with Crippen LogP contribution in [-0.2, 0) is 9.59 Å². The number of rotatable bonds is 3. The highest BCUT2D eigenvalue weighted by Crippen LogP contribution is 2.39. The van der Waals surface area contributed by atoms with Crippen LogP contribution < -0.4 is 0 Å². The summed E-state index contributed by atoms with van der Waals surface area (Å²) in [4.78, 5) is 21.2. The molecule has 4 nitrogen and oxygen atoms in total. The number of hydrogen-bond acceptors (Lipinski definition) is 3. The van der Waals surface area contributed by atoms with Gasteiger partial charge in [-0.3, -0.25) is 9.59 Å². The molecule has 0 bridgehead atoms. The number of thioether (sulfide) groups is 1. The summed E-state index contributed by atoms with van der Waals surface area (Å²) in [6.45, 7) is 0. The van der Waals surface area contributed by atoms with Crippen molar-refractivity contribution in [3.8, 4) is 0 Å². The van der Waals surface area contributed by atoms with Gasteiger partial charge in [0.15, 0.2) is 0 Å². The molecule has 12 heavy (non-hydrogen) atoms. The van der Waals surface area contributed by atoms with Gasteiger partial charge in [-0.1, -0.05) is 0 Å². The molecule has 0 aliphatic carbocycles. The fraction of sp³-hybridized carbons (Fsp3) is 0.714. The summed E-state index contributed by atoms with van der Waals surface area (Å²) in [7, 11) is 0. The van der Waals surface area contributed by atoms with E-state index in [9.17, 15) is 9.59 Å². The minimum Gasteiger partial charge on any atom is -0.481 e. The molecule has 0 aromatic heterocycles. The van der Waals surface area contributed by atoms with Crippen LogP contribution in [0.3, 0.4) is 0 Å². The molecule has 1 fully saturated rings. The Morgan fingerprint density at radius 3 is 2.42 bits per heavy atom. The highest BCUT2D eigenvalue weighted by Gasteiger charge is 2.43. The minimum atomic E-state index is -1.03. The second kappa shape index (κ2) is 3.35. The molecule has 0 radical (unpaired) electrons.